The van der Waals surface area contributed by atoms with Gasteiger partial charge in [0.05, 0.1) is 0 Å². The van der Waals surface area contributed by atoms with Crippen LogP contribution >= 0.6 is 0 Å². The van der Waals surface area contributed by atoms with Crippen molar-refractivity contribution in [1.29, 1.82) is 0 Å². The van der Waals surface area contributed by atoms with E-state index in [1.54, 1.807) is 0 Å². The molecule has 1 unspecified atom stereocenters. The molecule has 0 fully saturated rings. The van der Waals surface area contributed by atoms with Gasteiger partial charge in [-0.3, -0.25) is 4.79 Å². The molecule has 3 heteroatoms. The van der Waals surface area contributed by atoms with Crippen LogP contribution < -0.4 is 10.2 Å². The number of nitrogens with one attached hydrogen (secondary N) is 1. The van der Waals surface area contributed by atoms with Crippen molar-refractivity contribution in [3.63, 3.8) is 0 Å². The first kappa shape index (κ1) is 33.0. The summed E-state index contributed by atoms with van der Waals surface area (Å²) in [5, 5.41) is 3.62. The lowest BCUT2D eigenvalue weighted by Gasteiger charge is -2.35. The van der Waals surface area contributed by atoms with Crippen LogP contribution in [0, 0.1) is 0 Å². The molecule has 1 aromatic rings. The van der Waals surface area contributed by atoms with Crippen molar-refractivity contribution < 1.29 is 4.79 Å². The van der Waals surface area contributed by atoms with Crippen LogP contribution in [-0.2, 0) is 4.79 Å². The number of hydrogen-bond donors (Lipinski definition) is 1. The van der Waals surface area contributed by atoms with Crippen molar-refractivity contribution in [2.24, 2.45) is 0 Å². The van der Waals surface area contributed by atoms with Gasteiger partial charge in [0, 0.05) is 37.4 Å². The number of rotatable bonds is 7. The molecule has 0 aromatic heterocycles. The predicted octanol–water partition coefficient (Wildman–Crippen LogP) is 8.44. The molecular formula is C30H52N2O. The third kappa shape index (κ3) is 12.6. The van der Waals surface area contributed by atoms with Crippen molar-refractivity contribution >= 4 is 11.5 Å². The topological polar surface area (TPSA) is 32.3 Å². The number of ketones is 1. The van der Waals surface area contributed by atoms with E-state index in [9.17, 15) is 4.79 Å². The molecule has 188 valence electrons. The summed E-state index contributed by atoms with van der Waals surface area (Å²) in [6, 6.07) is 9.40. The average Bonchev–Trinajstić information content (AvgIpc) is 2.84. The summed E-state index contributed by atoms with van der Waals surface area (Å²) in [5.74, 6) is 0.595. The molecule has 0 saturated carbocycles. The Morgan fingerprint density at radius 3 is 1.94 bits per heavy atom. The maximum atomic E-state index is 9.69. The van der Waals surface area contributed by atoms with E-state index in [1.807, 2.05) is 13.8 Å². The van der Waals surface area contributed by atoms with Gasteiger partial charge in [-0.05, 0) is 55.5 Å². The monoisotopic (exact) mass is 456 g/mol. The minimum Gasteiger partial charge on any atom is -0.348 e. The lowest BCUT2D eigenvalue weighted by Crippen LogP contribution is -2.39. The van der Waals surface area contributed by atoms with E-state index in [4.69, 9.17) is 0 Å². The summed E-state index contributed by atoms with van der Waals surface area (Å²) in [6.45, 7) is 27.1. The van der Waals surface area contributed by atoms with Crippen LogP contribution in [0.1, 0.15) is 99.5 Å². The molecule has 0 radical (unpaired) electrons. The SMILES string of the molecule is C=C(C)C1=C(N(C)c2ccc(C(C)C)cc2)CCNC1CC.C=CC(C)=O.CC.CCCC. The zero-order chi connectivity index (χ0) is 26.0. The van der Waals surface area contributed by atoms with Crippen molar-refractivity contribution in [3.8, 4) is 0 Å². The first-order valence-corrected chi connectivity index (χ1v) is 12.7. The predicted molar refractivity (Wildman–Crippen MR) is 150 cm³/mol. The third-order valence-electron chi connectivity index (χ3n) is 5.42. The first-order chi connectivity index (χ1) is 15.6. The van der Waals surface area contributed by atoms with Gasteiger partial charge in [-0.15, -0.1) is 0 Å². The molecule has 1 N–H and O–H groups in total. The van der Waals surface area contributed by atoms with Gasteiger partial charge in [-0.1, -0.05) is 92.2 Å². The third-order valence-corrected chi connectivity index (χ3v) is 5.42. The quantitative estimate of drug-likeness (QED) is 0.418. The number of carbonyl (C=O) groups excluding carboxylic acids is 1. The Kier molecular flexibility index (Phi) is 19.4. The van der Waals surface area contributed by atoms with E-state index in [1.165, 1.54) is 53.9 Å². The molecular weight excluding hydrogens is 404 g/mol. The Hall–Kier alpha value is -2.13. The fourth-order valence-corrected chi connectivity index (χ4v) is 3.28. The van der Waals surface area contributed by atoms with E-state index >= 15 is 0 Å². The Bertz CT molecular complexity index is 711. The molecule has 0 aliphatic carbocycles. The second kappa shape index (κ2) is 19.3. The minimum atomic E-state index is 0.0185. The highest BCUT2D eigenvalue weighted by atomic mass is 16.1. The van der Waals surface area contributed by atoms with Crippen molar-refractivity contribution in [2.45, 2.75) is 100.0 Å². The van der Waals surface area contributed by atoms with Crippen LogP contribution in [0.5, 0.6) is 0 Å². The number of unbranched alkanes of at least 4 members (excludes halogenated alkanes) is 1. The molecule has 1 aromatic carbocycles. The molecule has 33 heavy (non-hydrogen) atoms. The van der Waals surface area contributed by atoms with E-state index in [0.29, 0.717) is 12.0 Å². The Morgan fingerprint density at radius 1 is 1.12 bits per heavy atom. The highest BCUT2D eigenvalue weighted by Gasteiger charge is 2.24. The summed E-state index contributed by atoms with van der Waals surface area (Å²) in [5.41, 5.74) is 6.64. The van der Waals surface area contributed by atoms with Crippen molar-refractivity contribution in [1.82, 2.24) is 5.32 Å². The van der Waals surface area contributed by atoms with E-state index in [-0.39, 0.29) is 5.78 Å². The Labute approximate surface area is 206 Å². The van der Waals surface area contributed by atoms with Gasteiger partial charge in [0.15, 0.2) is 5.78 Å². The van der Waals surface area contributed by atoms with Gasteiger partial charge in [0.1, 0.15) is 0 Å². The second-order valence-electron chi connectivity index (χ2n) is 8.43. The fourth-order valence-electron chi connectivity index (χ4n) is 3.28. The van der Waals surface area contributed by atoms with Crippen molar-refractivity contribution in [2.75, 3.05) is 18.5 Å². The fraction of sp³-hybridized carbons (Fsp3) is 0.567. The van der Waals surface area contributed by atoms with Crippen LogP contribution in [0.4, 0.5) is 5.69 Å². The Morgan fingerprint density at radius 2 is 1.61 bits per heavy atom. The zero-order valence-electron chi connectivity index (χ0n) is 23.3. The molecule has 0 saturated heterocycles. The number of nitrogens with zero attached hydrogens (tertiary/aromatic N) is 1. The molecule has 3 nitrogen and oxygen atoms in total. The second-order valence-corrected chi connectivity index (χ2v) is 8.43. The van der Waals surface area contributed by atoms with Crippen molar-refractivity contribution in [3.05, 3.63) is 65.9 Å². The number of benzene rings is 1. The maximum Gasteiger partial charge on any atom is 0.152 e. The lowest BCUT2D eigenvalue weighted by molar-refractivity contribution is -0.112. The molecule has 1 aliphatic rings. The molecule has 0 bridgehead atoms. The molecule has 1 heterocycles. The summed E-state index contributed by atoms with van der Waals surface area (Å²) in [7, 11) is 2.18. The van der Waals surface area contributed by atoms with Gasteiger partial charge >= 0.3 is 0 Å². The molecule has 1 aliphatic heterocycles. The highest BCUT2D eigenvalue weighted by molar-refractivity contribution is 5.86. The van der Waals surface area contributed by atoms with Crippen LogP contribution in [-0.4, -0.2) is 25.4 Å². The van der Waals surface area contributed by atoms with E-state index < -0.39 is 0 Å². The minimum absolute atomic E-state index is 0.0185. The number of allylic oxidation sites excluding steroid dienone is 1. The van der Waals surface area contributed by atoms with Crippen LogP contribution in [0.2, 0.25) is 0 Å². The van der Waals surface area contributed by atoms with Gasteiger partial charge in [0.2, 0.25) is 0 Å². The summed E-state index contributed by atoms with van der Waals surface area (Å²) >= 11 is 0. The zero-order valence-corrected chi connectivity index (χ0v) is 23.3. The smallest absolute Gasteiger partial charge is 0.152 e. The number of hydrogen-bond acceptors (Lipinski definition) is 3. The largest absolute Gasteiger partial charge is 0.348 e. The van der Waals surface area contributed by atoms with Gasteiger partial charge in [-0.25, -0.2) is 0 Å². The Balaban J connectivity index is 0. The number of anilines is 1. The summed E-state index contributed by atoms with van der Waals surface area (Å²) < 4.78 is 0. The van der Waals surface area contributed by atoms with Crippen LogP contribution in [0.25, 0.3) is 0 Å². The van der Waals surface area contributed by atoms with E-state index in [2.05, 4.69) is 96.2 Å². The molecule has 0 spiro atoms. The maximum absolute atomic E-state index is 9.69. The summed E-state index contributed by atoms with van der Waals surface area (Å²) in [6.07, 6.45) is 6.08. The molecule has 1 atom stereocenters. The van der Waals surface area contributed by atoms with E-state index in [0.717, 1.165) is 19.4 Å². The lowest BCUT2D eigenvalue weighted by atomic mass is 9.91. The summed E-state index contributed by atoms with van der Waals surface area (Å²) in [4.78, 5) is 12.0. The average molecular weight is 457 g/mol. The van der Waals surface area contributed by atoms with Gasteiger partial charge < -0.3 is 10.2 Å². The van der Waals surface area contributed by atoms with Crippen LogP contribution in [0.15, 0.2) is 60.3 Å². The van der Waals surface area contributed by atoms with Crippen LogP contribution in [0.3, 0.4) is 0 Å². The standard InChI is InChI=1S/C20H30N2.C4H6O.C4H10.C2H6/c1-7-18-20(15(4)5)19(12-13-21-18)22(6)17-10-8-16(9-11-17)14(2)3;1-3-4(2)5;1-3-4-2;1-2/h8-11,14,18,21H,4,7,12-13H2,1-3,5-6H3;3H,1H2,2H3;3-4H2,1-2H3;1-2H3. The van der Waals surface area contributed by atoms with Gasteiger partial charge in [-0.2, -0.15) is 0 Å². The van der Waals surface area contributed by atoms with Gasteiger partial charge in [0.25, 0.3) is 0 Å². The highest BCUT2D eigenvalue weighted by Crippen LogP contribution is 2.30. The normalized spacial score (nSPS) is 14.6. The number of carbonyl (C=O) groups is 1. The molecule has 0 amide bonds. The first-order valence-electron chi connectivity index (χ1n) is 12.7. The molecule has 2 rings (SSSR count).